The van der Waals surface area contributed by atoms with E-state index in [0.29, 0.717) is 11.6 Å². The van der Waals surface area contributed by atoms with E-state index < -0.39 is 0 Å². The summed E-state index contributed by atoms with van der Waals surface area (Å²) in [5, 5.41) is 7.49. The fourth-order valence-electron chi connectivity index (χ4n) is 2.38. The van der Waals surface area contributed by atoms with Crippen LogP contribution in [-0.2, 0) is 0 Å². The standard InChI is InChI=1S/C15H17N3O/c1-11(12-9-16-10-12)15(19)14-7-8-17-18(14)13-5-3-2-4-6-13/h2-8,11-12,16H,9-10H2,1H3. The molecule has 1 atom stereocenters. The van der Waals surface area contributed by atoms with Crippen LogP contribution >= 0.6 is 0 Å². The van der Waals surface area contributed by atoms with Gasteiger partial charge in [0.05, 0.1) is 11.9 Å². The van der Waals surface area contributed by atoms with Crippen molar-refractivity contribution in [2.75, 3.05) is 13.1 Å². The van der Waals surface area contributed by atoms with E-state index in [1.165, 1.54) is 0 Å². The van der Waals surface area contributed by atoms with Crippen molar-refractivity contribution in [2.24, 2.45) is 11.8 Å². The van der Waals surface area contributed by atoms with Gasteiger partial charge in [-0.25, -0.2) is 4.68 Å². The van der Waals surface area contributed by atoms with Crippen LogP contribution in [-0.4, -0.2) is 28.7 Å². The highest BCUT2D eigenvalue weighted by Gasteiger charge is 2.30. The number of aromatic nitrogens is 2. The van der Waals surface area contributed by atoms with Gasteiger partial charge in [0.15, 0.2) is 5.78 Å². The Hall–Kier alpha value is -1.94. The van der Waals surface area contributed by atoms with Crippen molar-refractivity contribution in [2.45, 2.75) is 6.92 Å². The second-order valence-corrected chi connectivity index (χ2v) is 5.04. The maximum Gasteiger partial charge on any atom is 0.184 e. The molecule has 0 aliphatic carbocycles. The van der Waals surface area contributed by atoms with Gasteiger partial charge in [-0.3, -0.25) is 4.79 Å². The van der Waals surface area contributed by atoms with Gasteiger partial charge < -0.3 is 5.32 Å². The quantitative estimate of drug-likeness (QED) is 0.849. The van der Waals surface area contributed by atoms with E-state index in [1.807, 2.05) is 37.3 Å². The predicted molar refractivity (Wildman–Crippen MR) is 73.4 cm³/mol. The molecule has 4 nitrogen and oxygen atoms in total. The number of carbonyl (C=O) groups excluding carboxylic acids is 1. The van der Waals surface area contributed by atoms with Crippen molar-refractivity contribution in [3.63, 3.8) is 0 Å². The lowest BCUT2D eigenvalue weighted by atomic mass is 9.85. The van der Waals surface area contributed by atoms with E-state index in [9.17, 15) is 4.79 Å². The van der Waals surface area contributed by atoms with Gasteiger partial charge in [0.1, 0.15) is 5.69 Å². The number of rotatable bonds is 4. The smallest absolute Gasteiger partial charge is 0.184 e. The summed E-state index contributed by atoms with van der Waals surface area (Å²) >= 11 is 0. The minimum absolute atomic E-state index is 0.0420. The van der Waals surface area contributed by atoms with Gasteiger partial charge in [0.2, 0.25) is 0 Å². The summed E-state index contributed by atoms with van der Waals surface area (Å²) in [6.45, 7) is 3.88. The van der Waals surface area contributed by atoms with Crippen molar-refractivity contribution in [1.82, 2.24) is 15.1 Å². The molecule has 2 aromatic rings. The number of nitrogens with one attached hydrogen (secondary N) is 1. The van der Waals surface area contributed by atoms with Crippen molar-refractivity contribution in [3.8, 4) is 5.69 Å². The molecule has 1 aliphatic heterocycles. The molecule has 4 heteroatoms. The largest absolute Gasteiger partial charge is 0.316 e. The van der Waals surface area contributed by atoms with Gasteiger partial charge >= 0.3 is 0 Å². The van der Waals surface area contributed by atoms with Crippen LogP contribution in [0, 0.1) is 11.8 Å². The summed E-state index contributed by atoms with van der Waals surface area (Å²) in [4.78, 5) is 12.5. The predicted octanol–water partition coefficient (Wildman–Crippen LogP) is 1.91. The Morgan fingerprint density at radius 1 is 1.32 bits per heavy atom. The fourth-order valence-corrected chi connectivity index (χ4v) is 2.38. The number of para-hydroxylation sites is 1. The first-order valence-electron chi connectivity index (χ1n) is 6.62. The summed E-state index contributed by atoms with van der Waals surface area (Å²) in [6, 6.07) is 11.6. The highest BCUT2D eigenvalue weighted by atomic mass is 16.1. The van der Waals surface area contributed by atoms with Gasteiger partial charge in [-0.2, -0.15) is 5.10 Å². The van der Waals surface area contributed by atoms with Crippen LogP contribution in [0.2, 0.25) is 0 Å². The summed E-state index contributed by atoms with van der Waals surface area (Å²) in [7, 11) is 0. The molecule has 1 unspecified atom stereocenters. The molecule has 1 aliphatic rings. The third-order valence-electron chi connectivity index (χ3n) is 3.83. The Balaban J connectivity index is 1.89. The third-order valence-corrected chi connectivity index (χ3v) is 3.83. The zero-order chi connectivity index (χ0) is 13.2. The highest BCUT2D eigenvalue weighted by molar-refractivity contribution is 5.96. The molecule has 0 amide bonds. The van der Waals surface area contributed by atoms with Gasteiger partial charge in [0, 0.05) is 5.92 Å². The number of hydrogen-bond acceptors (Lipinski definition) is 3. The van der Waals surface area contributed by atoms with Crippen LogP contribution in [0.4, 0.5) is 0 Å². The molecule has 1 fully saturated rings. The monoisotopic (exact) mass is 255 g/mol. The van der Waals surface area contributed by atoms with Gasteiger partial charge in [0.25, 0.3) is 0 Å². The number of nitrogens with zero attached hydrogens (tertiary/aromatic N) is 2. The van der Waals surface area contributed by atoms with E-state index in [4.69, 9.17) is 0 Å². The number of Topliss-reactive ketones (excluding diaryl/α,β-unsaturated/α-hetero) is 1. The molecule has 98 valence electrons. The first-order chi connectivity index (χ1) is 9.27. The molecule has 0 saturated carbocycles. The molecule has 19 heavy (non-hydrogen) atoms. The molecule has 0 radical (unpaired) electrons. The molecule has 2 heterocycles. The van der Waals surface area contributed by atoms with Crippen LogP contribution in [0.5, 0.6) is 0 Å². The Bertz CT molecular complexity index is 572. The number of benzene rings is 1. The van der Waals surface area contributed by atoms with Crippen molar-refractivity contribution in [3.05, 3.63) is 48.3 Å². The normalized spacial score (nSPS) is 16.9. The lowest BCUT2D eigenvalue weighted by Crippen LogP contribution is -2.47. The molecular formula is C15H17N3O. The molecule has 1 N–H and O–H groups in total. The van der Waals surface area contributed by atoms with Crippen LogP contribution in [0.15, 0.2) is 42.6 Å². The zero-order valence-corrected chi connectivity index (χ0v) is 10.9. The van der Waals surface area contributed by atoms with E-state index in [1.54, 1.807) is 16.9 Å². The molecule has 0 spiro atoms. The number of carbonyl (C=O) groups is 1. The van der Waals surface area contributed by atoms with Gasteiger partial charge in [-0.1, -0.05) is 25.1 Å². The van der Waals surface area contributed by atoms with E-state index in [2.05, 4.69) is 10.4 Å². The number of ketones is 1. The van der Waals surface area contributed by atoms with Crippen molar-refractivity contribution < 1.29 is 4.79 Å². The zero-order valence-electron chi connectivity index (χ0n) is 10.9. The molecule has 1 aromatic heterocycles. The summed E-state index contributed by atoms with van der Waals surface area (Å²) < 4.78 is 1.73. The maximum atomic E-state index is 12.5. The summed E-state index contributed by atoms with van der Waals surface area (Å²) in [5.74, 6) is 0.667. The lowest BCUT2D eigenvalue weighted by molar-refractivity contribution is 0.0845. The van der Waals surface area contributed by atoms with E-state index in [0.717, 1.165) is 18.8 Å². The fraction of sp³-hybridized carbons (Fsp3) is 0.333. The minimum atomic E-state index is 0.0420. The van der Waals surface area contributed by atoms with Crippen molar-refractivity contribution >= 4 is 5.78 Å². The summed E-state index contributed by atoms with van der Waals surface area (Å²) in [5.41, 5.74) is 1.60. The Morgan fingerprint density at radius 2 is 2.05 bits per heavy atom. The Labute approximate surface area is 112 Å². The molecule has 1 aromatic carbocycles. The average Bonchev–Trinajstić information content (AvgIpc) is 2.86. The Morgan fingerprint density at radius 3 is 2.68 bits per heavy atom. The van der Waals surface area contributed by atoms with E-state index in [-0.39, 0.29) is 11.7 Å². The van der Waals surface area contributed by atoms with E-state index >= 15 is 0 Å². The SMILES string of the molecule is CC(C(=O)c1ccnn1-c1ccccc1)C1CNC1. The average molecular weight is 255 g/mol. The van der Waals surface area contributed by atoms with Crippen LogP contribution < -0.4 is 5.32 Å². The first-order valence-corrected chi connectivity index (χ1v) is 6.62. The highest BCUT2D eigenvalue weighted by Crippen LogP contribution is 2.22. The van der Waals surface area contributed by atoms with Crippen LogP contribution in [0.25, 0.3) is 5.69 Å². The second-order valence-electron chi connectivity index (χ2n) is 5.04. The summed E-state index contributed by atoms with van der Waals surface area (Å²) in [6.07, 6.45) is 1.69. The van der Waals surface area contributed by atoms with Crippen LogP contribution in [0.3, 0.4) is 0 Å². The van der Waals surface area contributed by atoms with Crippen LogP contribution in [0.1, 0.15) is 17.4 Å². The minimum Gasteiger partial charge on any atom is -0.316 e. The molecule has 1 saturated heterocycles. The maximum absolute atomic E-state index is 12.5. The van der Waals surface area contributed by atoms with Gasteiger partial charge in [-0.05, 0) is 37.2 Å². The van der Waals surface area contributed by atoms with Gasteiger partial charge in [-0.15, -0.1) is 0 Å². The molecule has 0 bridgehead atoms. The topological polar surface area (TPSA) is 46.9 Å². The number of hydrogen-bond donors (Lipinski definition) is 1. The third kappa shape index (κ3) is 2.19. The van der Waals surface area contributed by atoms with Crippen molar-refractivity contribution in [1.29, 1.82) is 0 Å². The molecular weight excluding hydrogens is 238 g/mol. The molecule has 3 rings (SSSR count). The Kier molecular flexibility index (Phi) is 3.17. The first kappa shape index (κ1) is 12.1. The second kappa shape index (κ2) is 4.97. The lowest BCUT2D eigenvalue weighted by Gasteiger charge is -2.31.